The predicted molar refractivity (Wildman–Crippen MR) is 54.9 cm³/mol. The summed E-state index contributed by atoms with van der Waals surface area (Å²) in [6, 6.07) is 2.11. The van der Waals surface area contributed by atoms with E-state index in [-0.39, 0.29) is 12.1 Å². The first-order valence-electron chi connectivity index (χ1n) is 4.79. The Hall–Kier alpha value is -0.950. The Bertz CT molecular complexity index is 237. The van der Waals surface area contributed by atoms with Crippen LogP contribution in [0.2, 0.25) is 0 Å². The van der Waals surface area contributed by atoms with E-state index in [9.17, 15) is 0 Å². The number of aliphatic hydroxyl groups is 1. The van der Waals surface area contributed by atoms with Crippen molar-refractivity contribution in [2.24, 2.45) is 10.2 Å². The summed E-state index contributed by atoms with van der Waals surface area (Å²) in [5.74, 6) is 0. The monoisotopic (exact) mass is 197 g/mol. The van der Waals surface area contributed by atoms with Crippen molar-refractivity contribution in [3.8, 4) is 6.07 Å². The Kier molecular flexibility index (Phi) is 4.72. The number of nitrogens with zero attached hydrogens (tertiary/aromatic N) is 3. The number of nitriles is 1. The molecule has 1 unspecified atom stereocenters. The zero-order valence-corrected chi connectivity index (χ0v) is 9.41. The first-order chi connectivity index (χ1) is 6.33. The van der Waals surface area contributed by atoms with Gasteiger partial charge in [0, 0.05) is 6.61 Å². The molecule has 1 N–H and O–H groups in total. The Morgan fingerprint density at radius 2 is 1.79 bits per heavy atom. The van der Waals surface area contributed by atoms with Crippen LogP contribution in [-0.4, -0.2) is 22.8 Å². The molecule has 0 saturated carbocycles. The van der Waals surface area contributed by atoms with Crippen molar-refractivity contribution in [3.05, 3.63) is 0 Å². The lowest BCUT2D eigenvalue weighted by Gasteiger charge is -2.17. The van der Waals surface area contributed by atoms with Crippen LogP contribution in [0.15, 0.2) is 10.2 Å². The standard InChI is InChI=1S/C10H19N3O/c1-9(2,3)12-13-10(4,8-11)6-5-7-14/h14H,5-7H2,1-4H3/b13-12+. The third kappa shape index (κ3) is 5.65. The maximum Gasteiger partial charge on any atom is 0.164 e. The smallest absolute Gasteiger partial charge is 0.164 e. The zero-order valence-electron chi connectivity index (χ0n) is 9.41. The van der Waals surface area contributed by atoms with E-state index in [1.807, 2.05) is 20.8 Å². The van der Waals surface area contributed by atoms with Crippen LogP contribution in [0, 0.1) is 11.3 Å². The van der Waals surface area contributed by atoms with E-state index < -0.39 is 5.54 Å². The molecule has 0 amide bonds. The van der Waals surface area contributed by atoms with Gasteiger partial charge in [-0.3, -0.25) is 0 Å². The van der Waals surface area contributed by atoms with Gasteiger partial charge in [-0.15, -0.1) is 0 Å². The average Bonchev–Trinajstić information content (AvgIpc) is 2.10. The van der Waals surface area contributed by atoms with E-state index >= 15 is 0 Å². The van der Waals surface area contributed by atoms with Crippen molar-refractivity contribution in [2.75, 3.05) is 6.61 Å². The number of azo groups is 1. The van der Waals surface area contributed by atoms with Crippen LogP contribution in [0.25, 0.3) is 0 Å². The SMILES string of the molecule is CC(C)(C)/N=N/C(C)(C#N)CCCO. The second kappa shape index (κ2) is 5.06. The molecule has 0 saturated heterocycles. The fourth-order valence-electron chi connectivity index (χ4n) is 0.812. The second-order valence-electron chi connectivity index (χ2n) is 4.58. The molecule has 14 heavy (non-hydrogen) atoms. The molecule has 80 valence electrons. The normalized spacial score (nSPS) is 16.6. The maximum atomic E-state index is 8.92. The quantitative estimate of drug-likeness (QED) is 0.702. The molecule has 0 aromatic rings. The fraction of sp³-hybridized carbons (Fsp3) is 0.900. The lowest BCUT2D eigenvalue weighted by Crippen LogP contribution is -2.21. The van der Waals surface area contributed by atoms with Gasteiger partial charge in [0.25, 0.3) is 0 Å². The summed E-state index contributed by atoms with van der Waals surface area (Å²) in [4.78, 5) is 0. The van der Waals surface area contributed by atoms with Gasteiger partial charge in [0.1, 0.15) is 0 Å². The molecule has 0 bridgehead atoms. The third-order valence-corrected chi connectivity index (χ3v) is 1.63. The predicted octanol–water partition coefficient (Wildman–Crippen LogP) is 2.29. The maximum absolute atomic E-state index is 8.92. The summed E-state index contributed by atoms with van der Waals surface area (Å²) in [5, 5.41) is 25.7. The zero-order chi connectivity index (χ0) is 11.2. The molecule has 0 heterocycles. The van der Waals surface area contributed by atoms with Gasteiger partial charge in [-0.2, -0.15) is 15.5 Å². The summed E-state index contributed by atoms with van der Waals surface area (Å²) in [5.41, 5.74) is -1.05. The van der Waals surface area contributed by atoms with Crippen molar-refractivity contribution < 1.29 is 5.11 Å². The third-order valence-electron chi connectivity index (χ3n) is 1.63. The number of hydrogen-bond donors (Lipinski definition) is 1. The van der Waals surface area contributed by atoms with Gasteiger partial charge in [-0.25, -0.2) is 0 Å². The molecule has 0 fully saturated rings. The van der Waals surface area contributed by atoms with Crippen LogP contribution in [0.5, 0.6) is 0 Å². The van der Waals surface area contributed by atoms with Crippen LogP contribution < -0.4 is 0 Å². The number of hydrogen-bond acceptors (Lipinski definition) is 4. The molecular formula is C10H19N3O. The van der Waals surface area contributed by atoms with Crippen molar-refractivity contribution in [3.63, 3.8) is 0 Å². The van der Waals surface area contributed by atoms with Gasteiger partial charge < -0.3 is 5.11 Å². The molecule has 0 spiro atoms. The minimum Gasteiger partial charge on any atom is -0.396 e. The summed E-state index contributed by atoms with van der Waals surface area (Å²) in [6.07, 6.45) is 1.12. The van der Waals surface area contributed by atoms with E-state index in [2.05, 4.69) is 16.3 Å². The topological polar surface area (TPSA) is 68.7 Å². The highest BCUT2D eigenvalue weighted by Gasteiger charge is 2.23. The summed E-state index contributed by atoms with van der Waals surface area (Å²) in [6.45, 7) is 7.61. The van der Waals surface area contributed by atoms with Gasteiger partial charge in [0.2, 0.25) is 0 Å². The summed E-state index contributed by atoms with van der Waals surface area (Å²) in [7, 11) is 0. The Morgan fingerprint density at radius 3 is 2.14 bits per heavy atom. The highest BCUT2D eigenvalue weighted by Crippen LogP contribution is 2.19. The van der Waals surface area contributed by atoms with Crippen LogP contribution in [0.4, 0.5) is 0 Å². The molecule has 1 atom stereocenters. The molecule has 4 heteroatoms. The molecule has 0 aliphatic carbocycles. The molecule has 4 nitrogen and oxygen atoms in total. The van der Waals surface area contributed by atoms with Gasteiger partial charge in [0.05, 0.1) is 11.6 Å². The summed E-state index contributed by atoms with van der Waals surface area (Å²) >= 11 is 0. The van der Waals surface area contributed by atoms with E-state index in [0.717, 1.165) is 0 Å². The van der Waals surface area contributed by atoms with E-state index in [0.29, 0.717) is 12.8 Å². The first-order valence-corrected chi connectivity index (χ1v) is 4.79. The Balaban J connectivity index is 4.41. The van der Waals surface area contributed by atoms with Crippen LogP contribution in [0.1, 0.15) is 40.5 Å². The van der Waals surface area contributed by atoms with Crippen LogP contribution >= 0.6 is 0 Å². The van der Waals surface area contributed by atoms with Crippen LogP contribution in [0.3, 0.4) is 0 Å². The van der Waals surface area contributed by atoms with Crippen molar-refractivity contribution >= 4 is 0 Å². The van der Waals surface area contributed by atoms with E-state index in [1.54, 1.807) is 6.92 Å². The van der Waals surface area contributed by atoms with E-state index in [1.165, 1.54) is 0 Å². The van der Waals surface area contributed by atoms with Crippen LogP contribution in [-0.2, 0) is 0 Å². The van der Waals surface area contributed by atoms with Gasteiger partial charge in [-0.1, -0.05) is 0 Å². The molecule has 0 rings (SSSR count). The molecular weight excluding hydrogens is 178 g/mol. The van der Waals surface area contributed by atoms with Gasteiger partial charge in [0.15, 0.2) is 5.54 Å². The summed E-state index contributed by atoms with van der Waals surface area (Å²) < 4.78 is 0. The van der Waals surface area contributed by atoms with Crippen molar-refractivity contribution in [1.29, 1.82) is 5.26 Å². The minimum absolute atomic E-state index is 0.0856. The van der Waals surface area contributed by atoms with Gasteiger partial charge >= 0.3 is 0 Å². The second-order valence-corrected chi connectivity index (χ2v) is 4.58. The first kappa shape index (κ1) is 13.1. The highest BCUT2D eigenvalue weighted by atomic mass is 16.2. The lowest BCUT2D eigenvalue weighted by molar-refractivity contribution is 0.272. The molecule has 0 aromatic heterocycles. The Morgan fingerprint density at radius 1 is 1.21 bits per heavy atom. The van der Waals surface area contributed by atoms with E-state index in [4.69, 9.17) is 10.4 Å². The average molecular weight is 197 g/mol. The fourth-order valence-corrected chi connectivity index (χ4v) is 0.812. The Labute approximate surface area is 85.7 Å². The highest BCUT2D eigenvalue weighted by molar-refractivity contribution is 5.03. The van der Waals surface area contributed by atoms with Crippen molar-refractivity contribution in [2.45, 2.75) is 51.6 Å². The lowest BCUT2D eigenvalue weighted by atomic mass is 9.99. The number of aliphatic hydroxyl groups excluding tert-OH is 1. The number of rotatable bonds is 4. The molecule has 0 aromatic carbocycles. The molecule has 0 aliphatic heterocycles. The van der Waals surface area contributed by atoms with Gasteiger partial charge in [-0.05, 0) is 40.5 Å². The van der Waals surface area contributed by atoms with Crippen molar-refractivity contribution in [1.82, 2.24) is 0 Å². The largest absolute Gasteiger partial charge is 0.396 e. The molecule has 0 radical (unpaired) electrons. The molecule has 0 aliphatic rings. The minimum atomic E-state index is -0.796.